The maximum Gasteiger partial charge on any atom is 0.191 e. The van der Waals surface area contributed by atoms with Gasteiger partial charge in [0, 0.05) is 17.3 Å². The number of allylic oxidation sites excluding steroid dienone is 1. The van der Waals surface area contributed by atoms with Crippen molar-refractivity contribution >= 4 is 23.4 Å². The van der Waals surface area contributed by atoms with Gasteiger partial charge in [0.2, 0.25) is 0 Å². The zero-order valence-electron chi connectivity index (χ0n) is 16.1. The van der Waals surface area contributed by atoms with Crippen LogP contribution >= 0.6 is 23.4 Å². The smallest absolute Gasteiger partial charge is 0.191 e. The van der Waals surface area contributed by atoms with E-state index in [9.17, 15) is 0 Å². The van der Waals surface area contributed by atoms with Crippen LogP contribution in [0.3, 0.4) is 0 Å². The largest absolute Gasteiger partial charge is 0.483 e. The van der Waals surface area contributed by atoms with E-state index in [4.69, 9.17) is 16.3 Å². The van der Waals surface area contributed by atoms with Crippen molar-refractivity contribution in [2.24, 2.45) is 0 Å². The van der Waals surface area contributed by atoms with Crippen LogP contribution in [0.15, 0.2) is 66.3 Å². The lowest BCUT2D eigenvalue weighted by atomic mass is 10.2. The Bertz CT molecular complexity index is 907. The number of halogens is 1. The fourth-order valence-corrected chi connectivity index (χ4v) is 3.83. The molecule has 1 atom stereocenters. The first kappa shape index (κ1) is 20.5. The van der Waals surface area contributed by atoms with Crippen LogP contribution in [0.1, 0.15) is 36.9 Å². The molecule has 0 saturated heterocycles. The van der Waals surface area contributed by atoms with Gasteiger partial charge >= 0.3 is 0 Å². The third-order valence-electron chi connectivity index (χ3n) is 4.35. The van der Waals surface area contributed by atoms with E-state index in [0.717, 1.165) is 33.9 Å². The van der Waals surface area contributed by atoms with Crippen molar-refractivity contribution in [3.05, 3.63) is 83.2 Å². The Hall–Kier alpha value is -2.24. The predicted molar refractivity (Wildman–Crippen MR) is 116 cm³/mol. The lowest BCUT2D eigenvalue weighted by Gasteiger charge is -2.16. The molecule has 0 bridgehead atoms. The Morgan fingerprint density at radius 3 is 2.43 bits per heavy atom. The molecule has 0 N–H and O–H groups in total. The highest BCUT2D eigenvalue weighted by molar-refractivity contribution is 7.98. The molecule has 4 nitrogen and oxygen atoms in total. The zero-order chi connectivity index (χ0) is 19.9. The van der Waals surface area contributed by atoms with Gasteiger partial charge < -0.3 is 4.74 Å². The van der Waals surface area contributed by atoms with Gasteiger partial charge in [-0.2, -0.15) is 0 Å². The molecule has 3 rings (SSSR count). The van der Waals surface area contributed by atoms with Crippen molar-refractivity contribution in [3.8, 4) is 5.75 Å². The van der Waals surface area contributed by atoms with E-state index in [0.29, 0.717) is 6.54 Å². The molecule has 28 heavy (non-hydrogen) atoms. The van der Waals surface area contributed by atoms with E-state index in [-0.39, 0.29) is 6.10 Å². The first-order valence-corrected chi connectivity index (χ1v) is 10.6. The molecule has 0 aliphatic heterocycles. The Labute approximate surface area is 175 Å². The second kappa shape index (κ2) is 9.80. The van der Waals surface area contributed by atoms with Gasteiger partial charge in [-0.15, -0.1) is 16.8 Å². The second-order valence-corrected chi connectivity index (χ2v) is 7.79. The lowest BCUT2D eigenvalue weighted by molar-refractivity contribution is 0.210. The minimum absolute atomic E-state index is 0.218. The van der Waals surface area contributed by atoms with E-state index in [1.807, 2.05) is 49.4 Å². The zero-order valence-corrected chi connectivity index (χ0v) is 17.7. The van der Waals surface area contributed by atoms with E-state index in [1.165, 1.54) is 11.1 Å². The molecule has 6 heteroatoms. The standard InChI is InChI=1S/C22H24ClN3OS/c1-4-14-26-21(16(3)27-20-12-8-17(5-2)9-13-20)24-25-22(26)28-15-18-6-10-19(23)11-7-18/h4,6-13,16H,1,5,14-15H2,2-3H3. The van der Waals surface area contributed by atoms with Crippen molar-refractivity contribution in [1.82, 2.24) is 14.8 Å². The molecule has 0 fully saturated rings. The number of ether oxygens (including phenoxy) is 1. The maximum atomic E-state index is 6.09. The summed E-state index contributed by atoms with van der Waals surface area (Å²) in [5, 5.41) is 10.4. The molecule has 1 unspecified atom stereocenters. The van der Waals surface area contributed by atoms with Crippen LogP contribution < -0.4 is 4.74 Å². The topological polar surface area (TPSA) is 39.9 Å². The molecule has 0 saturated carbocycles. The van der Waals surface area contributed by atoms with Gasteiger partial charge in [0.25, 0.3) is 0 Å². The molecule has 0 amide bonds. The number of aromatic nitrogens is 3. The quantitative estimate of drug-likeness (QED) is 0.313. The normalized spacial score (nSPS) is 12.0. The van der Waals surface area contributed by atoms with Crippen LogP contribution in [0.2, 0.25) is 5.02 Å². The highest BCUT2D eigenvalue weighted by Crippen LogP contribution is 2.27. The van der Waals surface area contributed by atoms with Gasteiger partial charge in [-0.25, -0.2) is 0 Å². The number of nitrogens with zero attached hydrogens (tertiary/aromatic N) is 3. The fraction of sp³-hybridized carbons (Fsp3) is 0.273. The van der Waals surface area contributed by atoms with E-state index >= 15 is 0 Å². The number of rotatable bonds is 9. The number of hydrogen-bond acceptors (Lipinski definition) is 4. The monoisotopic (exact) mass is 413 g/mol. The molecular formula is C22H24ClN3OS. The molecule has 0 aliphatic carbocycles. The maximum absolute atomic E-state index is 6.09. The summed E-state index contributed by atoms with van der Waals surface area (Å²) >= 11 is 7.60. The van der Waals surface area contributed by atoms with E-state index < -0.39 is 0 Å². The Balaban J connectivity index is 1.72. The molecule has 3 aromatic rings. The van der Waals surface area contributed by atoms with Crippen molar-refractivity contribution in [2.75, 3.05) is 0 Å². The van der Waals surface area contributed by atoms with Gasteiger partial charge in [-0.3, -0.25) is 4.57 Å². The molecule has 1 aromatic heterocycles. The molecule has 0 aliphatic rings. The van der Waals surface area contributed by atoms with Crippen molar-refractivity contribution < 1.29 is 4.74 Å². The Kier molecular flexibility index (Phi) is 7.18. The van der Waals surface area contributed by atoms with Gasteiger partial charge in [0.15, 0.2) is 17.1 Å². The number of aryl methyl sites for hydroxylation is 1. The summed E-state index contributed by atoms with van der Waals surface area (Å²) in [5.41, 5.74) is 2.47. The summed E-state index contributed by atoms with van der Waals surface area (Å²) in [6.45, 7) is 8.63. The molecule has 2 aromatic carbocycles. The Morgan fingerprint density at radius 1 is 1.11 bits per heavy atom. The van der Waals surface area contributed by atoms with E-state index in [2.05, 4.69) is 40.4 Å². The van der Waals surface area contributed by atoms with Crippen LogP contribution in [-0.4, -0.2) is 14.8 Å². The molecule has 146 valence electrons. The number of benzene rings is 2. The predicted octanol–water partition coefficient (Wildman–Crippen LogP) is 6.11. The minimum atomic E-state index is -0.218. The Morgan fingerprint density at radius 2 is 1.79 bits per heavy atom. The molecule has 0 spiro atoms. The van der Waals surface area contributed by atoms with E-state index in [1.54, 1.807) is 11.8 Å². The van der Waals surface area contributed by atoms with Gasteiger partial charge in [-0.1, -0.05) is 60.6 Å². The van der Waals surface area contributed by atoms with Crippen LogP contribution in [0.5, 0.6) is 5.75 Å². The first-order valence-electron chi connectivity index (χ1n) is 9.27. The molecule has 1 heterocycles. The highest BCUT2D eigenvalue weighted by atomic mass is 35.5. The fourth-order valence-electron chi connectivity index (χ4n) is 2.80. The summed E-state index contributed by atoms with van der Waals surface area (Å²) < 4.78 is 8.15. The summed E-state index contributed by atoms with van der Waals surface area (Å²) in [6.07, 6.45) is 2.64. The SMILES string of the molecule is C=CCn1c(SCc2ccc(Cl)cc2)nnc1C(C)Oc1ccc(CC)cc1. The van der Waals surface area contributed by atoms with Gasteiger partial charge in [-0.05, 0) is 48.7 Å². The van der Waals surface area contributed by atoms with Crippen LogP contribution in [-0.2, 0) is 18.7 Å². The van der Waals surface area contributed by atoms with Crippen LogP contribution in [0, 0.1) is 0 Å². The molecular weight excluding hydrogens is 390 g/mol. The third-order valence-corrected chi connectivity index (χ3v) is 5.64. The average molecular weight is 414 g/mol. The summed E-state index contributed by atoms with van der Waals surface area (Å²) in [4.78, 5) is 0. The first-order chi connectivity index (χ1) is 13.6. The lowest BCUT2D eigenvalue weighted by Crippen LogP contribution is -2.12. The second-order valence-electron chi connectivity index (χ2n) is 6.41. The molecule has 0 radical (unpaired) electrons. The number of thioether (sulfide) groups is 1. The third kappa shape index (κ3) is 5.18. The van der Waals surface area contributed by atoms with Gasteiger partial charge in [0.05, 0.1) is 0 Å². The average Bonchev–Trinajstić information content (AvgIpc) is 3.11. The summed E-state index contributed by atoms with van der Waals surface area (Å²) in [6, 6.07) is 16.0. The highest BCUT2D eigenvalue weighted by Gasteiger charge is 2.19. The van der Waals surface area contributed by atoms with Gasteiger partial charge in [0.1, 0.15) is 5.75 Å². The van der Waals surface area contributed by atoms with Crippen molar-refractivity contribution in [2.45, 2.75) is 43.8 Å². The van der Waals surface area contributed by atoms with Crippen molar-refractivity contribution in [1.29, 1.82) is 0 Å². The summed E-state index contributed by atoms with van der Waals surface area (Å²) in [5.74, 6) is 2.41. The van der Waals surface area contributed by atoms with Crippen molar-refractivity contribution in [3.63, 3.8) is 0 Å². The number of hydrogen-bond donors (Lipinski definition) is 0. The van der Waals surface area contributed by atoms with Crippen LogP contribution in [0.25, 0.3) is 0 Å². The minimum Gasteiger partial charge on any atom is -0.483 e. The summed E-state index contributed by atoms with van der Waals surface area (Å²) in [7, 11) is 0. The van der Waals surface area contributed by atoms with Crippen LogP contribution in [0.4, 0.5) is 0 Å².